The first-order valence-electron chi connectivity index (χ1n) is 12.3. The van der Waals surface area contributed by atoms with Gasteiger partial charge in [-0.15, -0.1) is 0 Å². The average molecular weight is 549 g/mol. The quantitative estimate of drug-likeness (QED) is 0.121. The Kier molecular flexibility index (Phi) is 8.46. The molecule has 4 rings (SSSR count). The summed E-state index contributed by atoms with van der Waals surface area (Å²) in [6.07, 6.45) is 1.60. The molecular formula is C29H28N2O7S. The molecule has 1 aromatic heterocycles. The summed E-state index contributed by atoms with van der Waals surface area (Å²) in [6, 6.07) is 12.5. The van der Waals surface area contributed by atoms with Crippen LogP contribution in [0.1, 0.15) is 46.4 Å². The SMILES string of the molecule is C=CCOc1ccc(C2C(=C(O)c3ccccc3)C(=O)C(=O)N2c2nc(C)c(C(=O)OCC)s2)cc1OCC. The van der Waals surface area contributed by atoms with Gasteiger partial charge >= 0.3 is 11.9 Å². The van der Waals surface area contributed by atoms with Crippen molar-refractivity contribution in [1.29, 1.82) is 0 Å². The van der Waals surface area contributed by atoms with Gasteiger partial charge in [-0.3, -0.25) is 14.5 Å². The number of ketones is 1. The van der Waals surface area contributed by atoms with E-state index in [9.17, 15) is 19.5 Å². The monoisotopic (exact) mass is 548 g/mol. The van der Waals surface area contributed by atoms with Crippen molar-refractivity contribution in [2.75, 3.05) is 24.7 Å². The van der Waals surface area contributed by atoms with E-state index >= 15 is 0 Å². The van der Waals surface area contributed by atoms with Crippen molar-refractivity contribution in [3.8, 4) is 11.5 Å². The normalized spacial score (nSPS) is 16.3. The molecule has 1 N–H and O–H groups in total. The Hall–Kier alpha value is -4.44. The van der Waals surface area contributed by atoms with Crippen LogP contribution in [0.4, 0.5) is 5.13 Å². The second kappa shape index (κ2) is 12.0. The van der Waals surface area contributed by atoms with Gasteiger partial charge in [0.05, 0.1) is 30.5 Å². The number of aliphatic hydroxyl groups is 1. The Morgan fingerprint density at radius 3 is 2.51 bits per heavy atom. The molecule has 2 aromatic carbocycles. The maximum atomic E-state index is 13.5. The smallest absolute Gasteiger partial charge is 0.350 e. The Morgan fingerprint density at radius 2 is 1.85 bits per heavy atom. The summed E-state index contributed by atoms with van der Waals surface area (Å²) in [6.45, 7) is 9.56. The van der Waals surface area contributed by atoms with Crippen molar-refractivity contribution in [3.05, 3.63) is 88.5 Å². The second-order valence-corrected chi connectivity index (χ2v) is 9.38. The molecule has 0 radical (unpaired) electrons. The molecule has 0 bridgehead atoms. The van der Waals surface area contributed by atoms with Gasteiger partial charge in [0.15, 0.2) is 16.6 Å². The van der Waals surface area contributed by atoms with Crippen molar-refractivity contribution < 1.29 is 33.7 Å². The maximum absolute atomic E-state index is 13.5. The number of hydrogen-bond donors (Lipinski definition) is 1. The second-order valence-electron chi connectivity index (χ2n) is 8.41. The first-order chi connectivity index (χ1) is 18.8. The molecule has 0 aliphatic carbocycles. The fourth-order valence-corrected chi connectivity index (χ4v) is 5.19. The maximum Gasteiger partial charge on any atom is 0.350 e. The first-order valence-corrected chi connectivity index (χ1v) is 13.1. The van der Waals surface area contributed by atoms with Crippen LogP contribution in [-0.4, -0.2) is 47.6 Å². The van der Waals surface area contributed by atoms with Crippen LogP contribution in [0.15, 0.2) is 66.8 Å². The van der Waals surface area contributed by atoms with Crippen molar-refractivity contribution >= 4 is 39.9 Å². The van der Waals surface area contributed by atoms with Crippen LogP contribution in [0.3, 0.4) is 0 Å². The molecule has 3 aromatic rings. The molecule has 1 aliphatic heterocycles. The minimum atomic E-state index is -1.06. The lowest BCUT2D eigenvalue weighted by Gasteiger charge is -2.24. The van der Waals surface area contributed by atoms with Gasteiger partial charge in [-0.25, -0.2) is 9.78 Å². The number of thiazole rings is 1. The van der Waals surface area contributed by atoms with Crippen LogP contribution in [0.25, 0.3) is 5.76 Å². The number of benzene rings is 2. The molecule has 1 fully saturated rings. The highest BCUT2D eigenvalue weighted by molar-refractivity contribution is 7.17. The summed E-state index contributed by atoms with van der Waals surface area (Å²) in [7, 11) is 0. The lowest BCUT2D eigenvalue weighted by Crippen LogP contribution is -2.29. The van der Waals surface area contributed by atoms with Crippen molar-refractivity contribution in [1.82, 2.24) is 4.98 Å². The number of esters is 1. The van der Waals surface area contributed by atoms with E-state index in [0.29, 0.717) is 34.9 Å². The van der Waals surface area contributed by atoms with Gasteiger partial charge in [-0.2, -0.15) is 0 Å². The zero-order chi connectivity index (χ0) is 28.1. The lowest BCUT2D eigenvalue weighted by molar-refractivity contribution is -0.132. The third-order valence-corrected chi connectivity index (χ3v) is 7.02. The van der Waals surface area contributed by atoms with Crippen molar-refractivity contribution in [2.24, 2.45) is 0 Å². The Morgan fingerprint density at radius 1 is 1.10 bits per heavy atom. The molecule has 39 heavy (non-hydrogen) atoms. The van der Waals surface area contributed by atoms with E-state index in [2.05, 4.69) is 11.6 Å². The van der Waals surface area contributed by atoms with Crippen molar-refractivity contribution in [2.45, 2.75) is 26.8 Å². The number of carbonyl (C=O) groups is 3. The van der Waals surface area contributed by atoms with Crippen LogP contribution in [0, 0.1) is 6.92 Å². The molecule has 202 valence electrons. The van der Waals surface area contributed by atoms with Gasteiger partial charge in [-0.1, -0.05) is 60.4 Å². The van der Waals surface area contributed by atoms with Crippen LogP contribution in [0.2, 0.25) is 0 Å². The Bertz CT molecular complexity index is 1450. The molecule has 1 saturated heterocycles. The summed E-state index contributed by atoms with van der Waals surface area (Å²) in [4.78, 5) is 45.3. The summed E-state index contributed by atoms with van der Waals surface area (Å²) < 4.78 is 16.6. The van der Waals surface area contributed by atoms with Crippen LogP contribution < -0.4 is 14.4 Å². The van der Waals surface area contributed by atoms with Gasteiger partial charge in [0, 0.05) is 5.56 Å². The third kappa shape index (κ3) is 5.42. The molecule has 10 heteroatoms. The third-order valence-electron chi connectivity index (χ3n) is 5.88. The highest BCUT2D eigenvalue weighted by atomic mass is 32.1. The van der Waals surface area contributed by atoms with Crippen LogP contribution >= 0.6 is 11.3 Å². The number of hydrogen-bond acceptors (Lipinski definition) is 9. The highest BCUT2D eigenvalue weighted by Gasteiger charge is 2.48. The number of aliphatic hydroxyl groups excluding tert-OH is 1. The molecule has 2 heterocycles. The van der Waals surface area contributed by atoms with Gasteiger partial charge in [0.2, 0.25) is 0 Å². The molecule has 9 nitrogen and oxygen atoms in total. The standard InChI is InChI=1S/C29H28N2O7S/c1-5-15-38-20-14-13-19(16-21(20)36-6-2)23-22(24(32)18-11-9-8-10-12-18)25(33)27(34)31(23)29-30-17(4)26(39-29)28(35)37-7-3/h5,8-14,16,23,32H,1,6-7,15H2,2-4H3. The van der Waals surface area contributed by atoms with Crippen LogP contribution in [0.5, 0.6) is 11.5 Å². The molecule has 1 aliphatic rings. The van der Waals surface area contributed by atoms with E-state index in [1.165, 1.54) is 4.90 Å². The van der Waals surface area contributed by atoms with E-state index in [4.69, 9.17) is 14.2 Å². The zero-order valence-corrected chi connectivity index (χ0v) is 22.6. The minimum Gasteiger partial charge on any atom is -0.507 e. The summed E-state index contributed by atoms with van der Waals surface area (Å²) >= 11 is 0.943. The van der Waals surface area contributed by atoms with Gasteiger partial charge in [0.25, 0.3) is 5.78 Å². The van der Waals surface area contributed by atoms with E-state index in [1.54, 1.807) is 68.5 Å². The van der Waals surface area contributed by atoms with Gasteiger partial charge in [0.1, 0.15) is 17.2 Å². The minimum absolute atomic E-state index is 0.112. The number of aryl methyl sites for hydroxylation is 1. The Labute approximate surface area is 230 Å². The molecule has 1 atom stereocenters. The summed E-state index contributed by atoms with van der Waals surface area (Å²) in [5.74, 6) is -1.81. The van der Waals surface area contributed by atoms with Gasteiger partial charge < -0.3 is 19.3 Å². The first kappa shape index (κ1) is 27.6. The predicted molar refractivity (Wildman–Crippen MR) is 147 cm³/mol. The van der Waals surface area contributed by atoms with E-state index in [1.807, 2.05) is 6.92 Å². The molecule has 1 unspecified atom stereocenters. The lowest BCUT2D eigenvalue weighted by atomic mass is 9.95. The number of carbonyl (C=O) groups excluding carboxylic acids is 3. The van der Waals surface area contributed by atoms with E-state index in [0.717, 1.165) is 11.3 Å². The molecule has 0 saturated carbocycles. The molecular weight excluding hydrogens is 520 g/mol. The predicted octanol–water partition coefficient (Wildman–Crippen LogP) is 5.22. The summed E-state index contributed by atoms with van der Waals surface area (Å²) in [5.41, 5.74) is 1.10. The Balaban J connectivity index is 1.92. The van der Waals surface area contributed by atoms with E-state index < -0.39 is 23.7 Å². The molecule has 1 amide bonds. The number of aromatic nitrogens is 1. The molecule has 0 spiro atoms. The number of rotatable bonds is 10. The number of nitrogens with zero attached hydrogens (tertiary/aromatic N) is 2. The number of Topliss-reactive ketones (excluding diaryl/α,β-unsaturated/α-hetero) is 1. The fourth-order valence-electron chi connectivity index (χ4n) is 4.20. The number of anilines is 1. The topological polar surface area (TPSA) is 115 Å². The van der Waals surface area contributed by atoms with Crippen LogP contribution in [-0.2, 0) is 14.3 Å². The largest absolute Gasteiger partial charge is 0.507 e. The average Bonchev–Trinajstić information content (AvgIpc) is 3.44. The van der Waals surface area contributed by atoms with Crippen molar-refractivity contribution in [3.63, 3.8) is 0 Å². The summed E-state index contributed by atoms with van der Waals surface area (Å²) in [5, 5.41) is 11.4. The zero-order valence-electron chi connectivity index (χ0n) is 21.8. The fraction of sp³-hybridized carbons (Fsp3) is 0.241. The number of amides is 1. The number of ether oxygens (including phenoxy) is 3. The highest BCUT2D eigenvalue weighted by Crippen LogP contribution is 2.45. The van der Waals surface area contributed by atoms with E-state index in [-0.39, 0.29) is 34.6 Å². The van der Waals surface area contributed by atoms with Gasteiger partial charge in [-0.05, 0) is 38.5 Å².